The van der Waals surface area contributed by atoms with Gasteiger partial charge in [0.05, 0.1) is 31.0 Å². The van der Waals surface area contributed by atoms with Gasteiger partial charge in [0.25, 0.3) is 11.8 Å². The monoisotopic (exact) mass is 456 g/mol. The van der Waals surface area contributed by atoms with Crippen LogP contribution in [0.25, 0.3) is 0 Å². The molecule has 2 rings (SSSR count). The first kappa shape index (κ1) is 25.1. The van der Waals surface area contributed by atoms with Gasteiger partial charge < -0.3 is 24.8 Å². The lowest BCUT2D eigenvalue weighted by atomic mass is 10.1. The number of carbonyl (C=O) groups excluding carboxylic acids is 5. The van der Waals surface area contributed by atoms with Gasteiger partial charge in [-0.05, 0) is 44.2 Å². The van der Waals surface area contributed by atoms with E-state index in [1.165, 1.54) is 25.3 Å². The van der Waals surface area contributed by atoms with Crippen molar-refractivity contribution < 1.29 is 38.2 Å². The normalized spacial score (nSPS) is 10.1. The highest BCUT2D eigenvalue weighted by atomic mass is 16.5. The smallest absolute Gasteiger partial charge is 0.339 e. The summed E-state index contributed by atoms with van der Waals surface area (Å²) in [5.74, 6) is -3.47. The van der Waals surface area contributed by atoms with Gasteiger partial charge in [-0.2, -0.15) is 0 Å². The molecule has 33 heavy (non-hydrogen) atoms. The van der Waals surface area contributed by atoms with Crippen molar-refractivity contribution in [1.29, 1.82) is 0 Å². The maximum absolute atomic E-state index is 12.2. The summed E-state index contributed by atoms with van der Waals surface area (Å²) in [6.07, 6.45) is 0. The van der Waals surface area contributed by atoms with Gasteiger partial charge in [0.15, 0.2) is 6.61 Å². The van der Waals surface area contributed by atoms with Gasteiger partial charge >= 0.3 is 17.9 Å². The van der Waals surface area contributed by atoms with Crippen molar-refractivity contribution in [2.75, 3.05) is 32.7 Å². The minimum absolute atomic E-state index is 0.00876. The van der Waals surface area contributed by atoms with Crippen molar-refractivity contribution >= 4 is 35.4 Å². The molecule has 0 fully saturated rings. The minimum atomic E-state index is -0.834. The Morgan fingerprint density at radius 3 is 2.06 bits per heavy atom. The Labute approximate surface area is 190 Å². The van der Waals surface area contributed by atoms with Gasteiger partial charge in [-0.1, -0.05) is 17.2 Å². The second-order valence-electron chi connectivity index (χ2n) is 7.01. The van der Waals surface area contributed by atoms with Crippen LogP contribution in [0.4, 0.5) is 5.69 Å². The maximum atomic E-state index is 12.2. The molecule has 0 aliphatic carbocycles. The third-order valence-electron chi connectivity index (χ3n) is 4.36. The molecule has 0 atom stereocenters. The molecule has 10 heteroatoms. The van der Waals surface area contributed by atoms with Crippen LogP contribution in [0.2, 0.25) is 0 Å². The average molecular weight is 456 g/mol. The maximum Gasteiger partial charge on any atom is 0.339 e. The predicted molar refractivity (Wildman–Crippen MR) is 117 cm³/mol. The number of anilines is 1. The van der Waals surface area contributed by atoms with Crippen LogP contribution in [0, 0.1) is 13.8 Å². The van der Waals surface area contributed by atoms with Crippen LogP contribution >= 0.6 is 0 Å². The average Bonchev–Trinajstić information content (AvgIpc) is 2.79. The first-order chi connectivity index (χ1) is 15.6. The van der Waals surface area contributed by atoms with E-state index < -0.39 is 42.9 Å². The van der Waals surface area contributed by atoms with E-state index in [1.54, 1.807) is 12.1 Å². The highest BCUT2D eigenvalue weighted by molar-refractivity contribution is 6.04. The molecule has 0 aliphatic rings. The number of rotatable bonds is 8. The summed E-state index contributed by atoms with van der Waals surface area (Å²) in [4.78, 5) is 60.0. The van der Waals surface area contributed by atoms with Crippen molar-refractivity contribution in [2.24, 2.45) is 0 Å². The summed E-state index contributed by atoms with van der Waals surface area (Å²) in [6.45, 7) is 2.58. The lowest BCUT2D eigenvalue weighted by molar-refractivity contribution is -0.146. The van der Waals surface area contributed by atoms with E-state index in [9.17, 15) is 24.0 Å². The molecular weight excluding hydrogens is 432 g/mol. The van der Waals surface area contributed by atoms with Gasteiger partial charge in [0, 0.05) is 5.56 Å². The van der Waals surface area contributed by atoms with Gasteiger partial charge in [-0.15, -0.1) is 0 Å². The lowest BCUT2D eigenvalue weighted by Gasteiger charge is -2.12. The zero-order valence-corrected chi connectivity index (χ0v) is 18.6. The Bertz CT molecular complexity index is 1070. The number of ether oxygens (including phenoxy) is 3. The summed E-state index contributed by atoms with van der Waals surface area (Å²) >= 11 is 0. The number of nitrogens with one attached hydrogen (secondary N) is 2. The number of esters is 3. The summed E-state index contributed by atoms with van der Waals surface area (Å²) in [7, 11) is 2.35. The van der Waals surface area contributed by atoms with Crippen LogP contribution in [-0.2, 0) is 23.8 Å². The topological polar surface area (TPSA) is 137 Å². The van der Waals surface area contributed by atoms with Crippen LogP contribution in [0.1, 0.15) is 42.2 Å². The van der Waals surface area contributed by atoms with Crippen LogP contribution in [0.5, 0.6) is 0 Å². The highest BCUT2D eigenvalue weighted by Crippen LogP contribution is 2.20. The second kappa shape index (κ2) is 11.4. The number of benzene rings is 2. The molecule has 0 heterocycles. The van der Waals surface area contributed by atoms with E-state index in [0.717, 1.165) is 18.2 Å². The Balaban J connectivity index is 1.95. The van der Waals surface area contributed by atoms with Gasteiger partial charge in [0.2, 0.25) is 0 Å². The molecule has 2 N–H and O–H groups in total. The molecule has 2 aromatic rings. The summed E-state index contributed by atoms with van der Waals surface area (Å²) < 4.78 is 14.1. The largest absolute Gasteiger partial charge is 0.465 e. The van der Waals surface area contributed by atoms with Crippen LogP contribution < -0.4 is 10.6 Å². The number of methoxy groups -OCH3 is 2. The minimum Gasteiger partial charge on any atom is -0.465 e. The summed E-state index contributed by atoms with van der Waals surface area (Å²) in [6, 6.07) is 9.15. The van der Waals surface area contributed by atoms with Gasteiger partial charge in [-0.3, -0.25) is 14.4 Å². The second-order valence-corrected chi connectivity index (χ2v) is 7.01. The number of hydrogen-bond acceptors (Lipinski definition) is 8. The molecule has 0 saturated heterocycles. The third-order valence-corrected chi connectivity index (χ3v) is 4.36. The van der Waals surface area contributed by atoms with Crippen LogP contribution in [0.15, 0.2) is 36.4 Å². The molecule has 10 nitrogen and oxygen atoms in total. The number of amides is 2. The van der Waals surface area contributed by atoms with Crippen molar-refractivity contribution in [1.82, 2.24) is 5.32 Å². The fraction of sp³-hybridized carbons (Fsp3) is 0.261. The zero-order valence-electron chi connectivity index (χ0n) is 18.6. The molecule has 2 amide bonds. The highest BCUT2D eigenvalue weighted by Gasteiger charge is 2.18. The molecule has 0 aromatic heterocycles. The Morgan fingerprint density at radius 1 is 0.818 bits per heavy atom. The molecule has 0 aliphatic heterocycles. The molecule has 0 radical (unpaired) electrons. The molecule has 2 aromatic carbocycles. The van der Waals surface area contributed by atoms with E-state index in [0.29, 0.717) is 5.56 Å². The Kier molecular flexibility index (Phi) is 8.67. The standard InChI is InChI=1S/C23H24N2O8/c1-13-7-14(2)9-16(8-13)21(28)24-11-20(27)33-12-19(26)25-18-10-15(22(29)31-3)5-6-17(18)23(30)32-4/h5-10H,11-12H2,1-4H3,(H,24,28)(H,25,26). The van der Waals surface area contributed by atoms with Crippen molar-refractivity contribution in [3.63, 3.8) is 0 Å². The molecule has 0 unspecified atom stereocenters. The number of aryl methyl sites for hydroxylation is 2. The number of carbonyl (C=O) groups is 5. The molecule has 174 valence electrons. The fourth-order valence-electron chi connectivity index (χ4n) is 2.92. The molecular formula is C23H24N2O8. The van der Waals surface area contributed by atoms with E-state index in [1.807, 2.05) is 19.9 Å². The van der Waals surface area contributed by atoms with Crippen LogP contribution in [0.3, 0.4) is 0 Å². The molecule has 0 bridgehead atoms. The summed E-state index contributed by atoms with van der Waals surface area (Å²) in [5.41, 5.74) is 2.27. The van der Waals surface area contributed by atoms with E-state index >= 15 is 0 Å². The predicted octanol–water partition coefficient (Wildman–Crippen LogP) is 1.79. The van der Waals surface area contributed by atoms with Crippen molar-refractivity contribution in [3.05, 3.63) is 64.2 Å². The molecule has 0 saturated carbocycles. The Morgan fingerprint density at radius 2 is 1.45 bits per heavy atom. The zero-order chi connectivity index (χ0) is 24.5. The first-order valence-electron chi connectivity index (χ1n) is 9.77. The fourth-order valence-corrected chi connectivity index (χ4v) is 2.92. The van der Waals surface area contributed by atoms with Crippen molar-refractivity contribution in [3.8, 4) is 0 Å². The lowest BCUT2D eigenvalue weighted by Crippen LogP contribution is -2.32. The van der Waals surface area contributed by atoms with Gasteiger partial charge in [0.1, 0.15) is 6.54 Å². The number of hydrogen-bond donors (Lipinski definition) is 2. The third kappa shape index (κ3) is 7.17. The van der Waals surface area contributed by atoms with Gasteiger partial charge in [-0.25, -0.2) is 9.59 Å². The van der Waals surface area contributed by atoms with Crippen molar-refractivity contribution in [2.45, 2.75) is 13.8 Å². The first-order valence-corrected chi connectivity index (χ1v) is 9.77. The SMILES string of the molecule is COC(=O)c1ccc(C(=O)OC)c(NC(=O)COC(=O)CNC(=O)c2cc(C)cc(C)c2)c1. The quantitative estimate of drug-likeness (QED) is 0.453. The molecule has 0 spiro atoms. The van der Waals surface area contributed by atoms with E-state index in [-0.39, 0.29) is 16.8 Å². The van der Waals surface area contributed by atoms with E-state index in [2.05, 4.69) is 20.1 Å². The summed E-state index contributed by atoms with van der Waals surface area (Å²) in [5, 5.41) is 4.82. The Hall–Kier alpha value is -4.21. The van der Waals surface area contributed by atoms with Crippen LogP contribution in [-0.4, -0.2) is 57.1 Å². The van der Waals surface area contributed by atoms with E-state index in [4.69, 9.17) is 4.74 Å².